The van der Waals surface area contributed by atoms with Crippen molar-refractivity contribution in [1.82, 2.24) is 5.32 Å². The van der Waals surface area contributed by atoms with Crippen LogP contribution < -0.4 is 5.32 Å². The molecule has 2 nitrogen and oxygen atoms in total. The zero-order valence-electron chi connectivity index (χ0n) is 8.80. The Morgan fingerprint density at radius 1 is 1.56 bits per heavy atom. The summed E-state index contributed by atoms with van der Waals surface area (Å²) in [6.07, 6.45) is 1.44. The molecule has 1 atom stereocenters. The first-order valence-corrected chi connectivity index (χ1v) is 5.73. The number of nitrogens with one attached hydrogen (secondary N) is 1. The number of carbonyl (C=O) groups excluding carboxylic acids is 1. The first-order valence-electron chi connectivity index (χ1n) is 5.36. The first kappa shape index (κ1) is 11.6. The molecule has 1 aromatic carbocycles. The Labute approximate surface area is 98.8 Å². The van der Waals surface area contributed by atoms with Crippen molar-refractivity contribution >= 4 is 17.4 Å². The van der Waals surface area contributed by atoms with E-state index in [1.54, 1.807) is 0 Å². The molecule has 16 heavy (non-hydrogen) atoms. The molecule has 4 heteroatoms. The molecular formula is C12H13ClFNO. The number of halogens is 2. The maximum absolute atomic E-state index is 13.0. The molecule has 1 saturated heterocycles. The van der Waals surface area contributed by atoms with E-state index in [0.29, 0.717) is 22.9 Å². The predicted octanol–water partition coefficient (Wildman–Crippen LogP) is 2.66. The highest BCUT2D eigenvalue weighted by molar-refractivity contribution is 6.33. The smallest absolute Gasteiger partial charge is 0.164 e. The van der Waals surface area contributed by atoms with Gasteiger partial charge in [-0.3, -0.25) is 4.79 Å². The lowest BCUT2D eigenvalue weighted by Gasteiger charge is -2.08. The fourth-order valence-corrected chi connectivity index (χ4v) is 2.19. The first-order chi connectivity index (χ1) is 7.66. The topological polar surface area (TPSA) is 29.1 Å². The van der Waals surface area contributed by atoms with E-state index in [9.17, 15) is 9.18 Å². The Balaban J connectivity index is 2.10. The number of benzene rings is 1. The van der Waals surface area contributed by atoms with Gasteiger partial charge in [0.25, 0.3) is 0 Å². The molecule has 0 aliphatic carbocycles. The van der Waals surface area contributed by atoms with Crippen molar-refractivity contribution in [3.63, 3.8) is 0 Å². The van der Waals surface area contributed by atoms with E-state index < -0.39 is 5.82 Å². The van der Waals surface area contributed by atoms with Gasteiger partial charge in [0, 0.05) is 12.0 Å². The van der Waals surface area contributed by atoms with Gasteiger partial charge < -0.3 is 5.32 Å². The summed E-state index contributed by atoms with van der Waals surface area (Å²) in [5.41, 5.74) is 0.300. The summed E-state index contributed by atoms with van der Waals surface area (Å²) in [4.78, 5) is 11.9. The molecule has 0 aromatic heterocycles. The molecule has 0 radical (unpaired) electrons. The number of rotatable bonds is 3. The minimum atomic E-state index is -0.419. The molecule has 2 rings (SSSR count). The van der Waals surface area contributed by atoms with E-state index in [-0.39, 0.29) is 5.78 Å². The number of hydrogen-bond donors (Lipinski definition) is 1. The van der Waals surface area contributed by atoms with Crippen molar-refractivity contribution in [1.29, 1.82) is 0 Å². The van der Waals surface area contributed by atoms with Crippen molar-refractivity contribution in [3.8, 4) is 0 Å². The second-order valence-corrected chi connectivity index (χ2v) is 4.52. The number of hydrogen-bond acceptors (Lipinski definition) is 2. The molecule has 1 N–H and O–H groups in total. The molecule has 1 aromatic rings. The molecule has 0 amide bonds. The molecular weight excluding hydrogens is 229 g/mol. The zero-order valence-corrected chi connectivity index (χ0v) is 9.56. The van der Waals surface area contributed by atoms with Crippen molar-refractivity contribution in [2.45, 2.75) is 12.8 Å². The van der Waals surface area contributed by atoms with E-state index in [2.05, 4.69) is 5.32 Å². The largest absolute Gasteiger partial charge is 0.316 e. The Bertz CT molecular complexity index is 402. The Morgan fingerprint density at radius 3 is 3.06 bits per heavy atom. The zero-order chi connectivity index (χ0) is 11.5. The third kappa shape index (κ3) is 2.60. The summed E-state index contributed by atoms with van der Waals surface area (Å²) in [7, 11) is 0. The lowest BCUT2D eigenvalue weighted by Crippen LogP contribution is -2.13. The van der Waals surface area contributed by atoms with Gasteiger partial charge in [-0.05, 0) is 43.6 Å². The highest BCUT2D eigenvalue weighted by atomic mass is 35.5. The minimum Gasteiger partial charge on any atom is -0.316 e. The van der Waals surface area contributed by atoms with Crippen LogP contribution in [0.15, 0.2) is 18.2 Å². The lowest BCUT2D eigenvalue weighted by molar-refractivity contribution is 0.0964. The summed E-state index contributed by atoms with van der Waals surface area (Å²) >= 11 is 5.87. The van der Waals surface area contributed by atoms with Crippen molar-refractivity contribution in [2.75, 3.05) is 13.1 Å². The van der Waals surface area contributed by atoms with Crippen molar-refractivity contribution in [2.24, 2.45) is 5.92 Å². The molecule has 86 valence electrons. The van der Waals surface area contributed by atoms with Gasteiger partial charge in [-0.25, -0.2) is 4.39 Å². The van der Waals surface area contributed by atoms with Gasteiger partial charge in [-0.15, -0.1) is 0 Å². The van der Waals surface area contributed by atoms with Crippen LogP contribution in [0.25, 0.3) is 0 Å². The monoisotopic (exact) mass is 241 g/mol. The van der Waals surface area contributed by atoms with E-state index in [1.165, 1.54) is 18.2 Å². The quantitative estimate of drug-likeness (QED) is 0.825. The van der Waals surface area contributed by atoms with Gasteiger partial charge in [-0.2, -0.15) is 0 Å². The van der Waals surface area contributed by atoms with Crippen LogP contribution in [0.1, 0.15) is 23.2 Å². The average Bonchev–Trinajstić information content (AvgIpc) is 2.74. The average molecular weight is 242 g/mol. The second kappa shape index (κ2) is 4.93. The normalized spacial score (nSPS) is 20.0. The van der Waals surface area contributed by atoms with Crippen molar-refractivity contribution in [3.05, 3.63) is 34.6 Å². The van der Waals surface area contributed by atoms with E-state index >= 15 is 0 Å². The van der Waals surface area contributed by atoms with Crippen LogP contribution in [0.4, 0.5) is 4.39 Å². The summed E-state index contributed by atoms with van der Waals surface area (Å²) < 4.78 is 13.0. The SMILES string of the molecule is O=C(CC1CCNC1)c1cc(F)ccc1Cl. The highest BCUT2D eigenvalue weighted by Crippen LogP contribution is 2.22. The van der Waals surface area contributed by atoms with Crippen LogP contribution in [0.3, 0.4) is 0 Å². The fraction of sp³-hybridized carbons (Fsp3) is 0.417. The molecule has 1 unspecified atom stereocenters. The van der Waals surface area contributed by atoms with Crippen LogP contribution in [0, 0.1) is 11.7 Å². The Morgan fingerprint density at radius 2 is 2.38 bits per heavy atom. The van der Waals surface area contributed by atoms with Crippen LogP contribution in [-0.4, -0.2) is 18.9 Å². The van der Waals surface area contributed by atoms with Crippen LogP contribution in [-0.2, 0) is 0 Å². The van der Waals surface area contributed by atoms with E-state index in [0.717, 1.165) is 19.5 Å². The summed E-state index contributed by atoms with van der Waals surface area (Å²) in [5.74, 6) is -0.137. The van der Waals surface area contributed by atoms with Crippen LogP contribution >= 0.6 is 11.6 Å². The second-order valence-electron chi connectivity index (χ2n) is 4.11. The summed E-state index contributed by atoms with van der Waals surface area (Å²) in [6, 6.07) is 3.90. The number of carbonyl (C=O) groups is 1. The maximum Gasteiger partial charge on any atom is 0.164 e. The van der Waals surface area contributed by atoms with Gasteiger partial charge in [0.15, 0.2) is 5.78 Å². The van der Waals surface area contributed by atoms with E-state index in [4.69, 9.17) is 11.6 Å². The third-order valence-electron chi connectivity index (χ3n) is 2.87. The standard InChI is InChI=1S/C12H13ClFNO/c13-11-2-1-9(14)6-10(11)12(16)5-8-3-4-15-7-8/h1-2,6,8,15H,3-5,7H2. The fourth-order valence-electron chi connectivity index (χ4n) is 1.97. The Kier molecular flexibility index (Phi) is 3.56. The molecule has 0 bridgehead atoms. The van der Waals surface area contributed by atoms with Crippen molar-refractivity contribution < 1.29 is 9.18 Å². The minimum absolute atomic E-state index is 0.0711. The molecule has 1 aliphatic rings. The van der Waals surface area contributed by atoms with Gasteiger partial charge in [-0.1, -0.05) is 11.6 Å². The molecule has 0 spiro atoms. The number of ketones is 1. The van der Waals surface area contributed by atoms with Gasteiger partial charge in [0.1, 0.15) is 5.82 Å². The Hall–Kier alpha value is -0.930. The highest BCUT2D eigenvalue weighted by Gasteiger charge is 2.20. The van der Waals surface area contributed by atoms with E-state index in [1.807, 2.05) is 0 Å². The lowest BCUT2D eigenvalue weighted by atomic mass is 9.97. The molecule has 1 aliphatic heterocycles. The molecule has 1 heterocycles. The van der Waals surface area contributed by atoms with Crippen LogP contribution in [0.2, 0.25) is 5.02 Å². The predicted molar refractivity (Wildman–Crippen MR) is 61.3 cm³/mol. The van der Waals surface area contributed by atoms with Gasteiger partial charge in [0.2, 0.25) is 0 Å². The van der Waals surface area contributed by atoms with Gasteiger partial charge in [0.05, 0.1) is 5.02 Å². The summed E-state index contributed by atoms with van der Waals surface area (Å²) in [5, 5.41) is 3.53. The van der Waals surface area contributed by atoms with Gasteiger partial charge >= 0.3 is 0 Å². The maximum atomic E-state index is 13.0. The molecule has 1 fully saturated rings. The third-order valence-corrected chi connectivity index (χ3v) is 3.19. The van der Waals surface area contributed by atoms with Crippen LogP contribution in [0.5, 0.6) is 0 Å². The summed E-state index contributed by atoms with van der Waals surface area (Å²) in [6.45, 7) is 1.81. The number of Topliss-reactive ketones (excluding diaryl/α,β-unsaturated/α-hetero) is 1. The molecule has 0 saturated carbocycles.